The van der Waals surface area contributed by atoms with E-state index in [1.54, 1.807) is 18.2 Å². The number of amides is 1. The van der Waals surface area contributed by atoms with E-state index in [2.05, 4.69) is 4.98 Å². The molecule has 0 bridgehead atoms. The van der Waals surface area contributed by atoms with Crippen molar-refractivity contribution in [2.45, 2.75) is 19.4 Å². The molecule has 25 heavy (non-hydrogen) atoms. The minimum absolute atomic E-state index is 0.0265. The number of fused-ring (bicyclic) bond motifs is 1. The number of methoxy groups -OCH3 is 2. The number of pyridine rings is 1. The van der Waals surface area contributed by atoms with E-state index < -0.39 is 5.97 Å². The van der Waals surface area contributed by atoms with Crippen molar-refractivity contribution in [1.29, 1.82) is 0 Å². The molecule has 0 N–H and O–H groups in total. The number of aromatic nitrogens is 1. The molecule has 0 aliphatic carbocycles. The molecule has 0 unspecified atom stereocenters. The van der Waals surface area contributed by atoms with Gasteiger partial charge in [-0.25, -0.2) is 4.79 Å². The predicted molar refractivity (Wildman–Crippen MR) is 91.4 cm³/mol. The van der Waals surface area contributed by atoms with Gasteiger partial charge in [-0.3, -0.25) is 9.78 Å². The summed E-state index contributed by atoms with van der Waals surface area (Å²) in [5, 5.41) is 0. The first kappa shape index (κ1) is 17.0. The highest BCUT2D eigenvalue weighted by molar-refractivity contribution is 5.91. The average molecular weight is 340 g/mol. The number of carbonyl (C=O) groups excluding carboxylic acids is 2. The van der Waals surface area contributed by atoms with Gasteiger partial charge in [-0.1, -0.05) is 18.2 Å². The van der Waals surface area contributed by atoms with E-state index in [-0.39, 0.29) is 12.3 Å². The fourth-order valence-electron chi connectivity index (χ4n) is 3.12. The van der Waals surface area contributed by atoms with Crippen molar-refractivity contribution in [2.24, 2.45) is 0 Å². The number of benzene rings is 1. The number of hydrogen-bond donors (Lipinski definition) is 0. The van der Waals surface area contributed by atoms with Crippen molar-refractivity contribution < 1.29 is 19.1 Å². The quantitative estimate of drug-likeness (QED) is 0.797. The summed E-state index contributed by atoms with van der Waals surface area (Å²) < 4.78 is 10.1. The largest absolute Gasteiger partial charge is 0.496 e. The molecule has 0 spiro atoms. The molecular weight excluding hydrogens is 320 g/mol. The fraction of sp³-hybridized carbons (Fsp3) is 0.316. The molecule has 0 fully saturated rings. The smallest absolute Gasteiger partial charge is 0.339 e. The van der Waals surface area contributed by atoms with Gasteiger partial charge in [-0.15, -0.1) is 0 Å². The van der Waals surface area contributed by atoms with E-state index in [0.717, 1.165) is 16.7 Å². The fourth-order valence-corrected chi connectivity index (χ4v) is 3.12. The van der Waals surface area contributed by atoms with Crippen molar-refractivity contribution in [3.8, 4) is 5.75 Å². The third-order valence-corrected chi connectivity index (χ3v) is 4.43. The van der Waals surface area contributed by atoms with Gasteiger partial charge in [0.15, 0.2) is 0 Å². The van der Waals surface area contributed by atoms with Crippen LogP contribution in [0.25, 0.3) is 0 Å². The van der Waals surface area contributed by atoms with E-state index in [1.807, 2.05) is 24.3 Å². The van der Waals surface area contributed by atoms with Crippen LogP contribution in [0.3, 0.4) is 0 Å². The molecule has 2 heterocycles. The summed E-state index contributed by atoms with van der Waals surface area (Å²) in [5.41, 5.74) is 3.16. The van der Waals surface area contributed by atoms with Crippen LogP contribution in [0.4, 0.5) is 0 Å². The maximum atomic E-state index is 12.7. The highest BCUT2D eigenvalue weighted by atomic mass is 16.5. The zero-order valence-electron chi connectivity index (χ0n) is 14.3. The first-order chi connectivity index (χ1) is 12.1. The third-order valence-electron chi connectivity index (χ3n) is 4.43. The Bertz CT molecular complexity index is 804. The van der Waals surface area contributed by atoms with Gasteiger partial charge in [0.25, 0.3) is 0 Å². The number of para-hydroxylation sites is 1. The van der Waals surface area contributed by atoms with Crippen LogP contribution >= 0.6 is 0 Å². The zero-order chi connectivity index (χ0) is 17.8. The number of esters is 1. The summed E-state index contributed by atoms with van der Waals surface area (Å²) in [7, 11) is 2.95. The molecule has 6 heteroatoms. The third kappa shape index (κ3) is 3.47. The second-order valence-electron chi connectivity index (χ2n) is 5.87. The van der Waals surface area contributed by atoms with E-state index in [1.165, 1.54) is 13.3 Å². The monoisotopic (exact) mass is 340 g/mol. The summed E-state index contributed by atoms with van der Waals surface area (Å²) >= 11 is 0. The van der Waals surface area contributed by atoms with Gasteiger partial charge < -0.3 is 14.4 Å². The summed E-state index contributed by atoms with van der Waals surface area (Å²) in [4.78, 5) is 30.4. The van der Waals surface area contributed by atoms with Crippen molar-refractivity contribution in [2.75, 3.05) is 20.8 Å². The van der Waals surface area contributed by atoms with Crippen LogP contribution in [0.15, 0.2) is 36.7 Å². The number of carbonyl (C=O) groups is 2. The Kier molecular flexibility index (Phi) is 4.97. The van der Waals surface area contributed by atoms with E-state index in [0.29, 0.717) is 30.8 Å². The summed E-state index contributed by atoms with van der Waals surface area (Å²) in [6.45, 7) is 1.01. The van der Waals surface area contributed by atoms with Gasteiger partial charge in [-0.2, -0.15) is 0 Å². The molecule has 1 aliphatic heterocycles. The number of hydrogen-bond acceptors (Lipinski definition) is 5. The topological polar surface area (TPSA) is 68.7 Å². The first-order valence-corrected chi connectivity index (χ1v) is 8.07. The zero-order valence-corrected chi connectivity index (χ0v) is 14.3. The van der Waals surface area contributed by atoms with Crippen LogP contribution in [0.1, 0.15) is 27.0 Å². The maximum Gasteiger partial charge on any atom is 0.339 e. The van der Waals surface area contributed by atoms with Crippen LogP contribution < -0.4 is 4.74 Å². The standard InChI is InChI=1S/C19H20N2O4/c1-24-17-6-4-3-5-13(17)9-18(22)21-8-7-15-14(12-21)10-20-11-16(15)19(23)25-2/h3-6,10-11H,7-9,12H2,1-2H3. The Hall–Kier alpha value is -2.89. The second-order valence-corrected chi connectivity index (χ2v) is 5.87. The van der Waals surface area contributed by atoms with Crippen molar-refractivity contribution in [3.63, 3.8) is 0 Å². The Morgan fingerprint density at radius 2 is 2.00 bits per heavy atom. The molecular formula is C19H20N2O4. The van der Waals surface area contributed by atoms with Gasteiger partial charge in [0.2, 0.25) is 5.91 Å². The average Bonchev–Trinajstić information content (AvgIpc) is 2.66. The van der Waals surface area contributed by atoms with Crippen LogP contribution in [0.2, 0.25) is 0 Å². The SMILES string of the molecule is COC(=O)c1cncc2c1CCN(C(=O)Cc1ccccc1OC)C2. The molecule has 0 saturated heterocycles. The lowest BCUT2D eigenvalue weighted by Crippen LogP contribution is -2.37. The van der Waals surface area contributed by atoms with Crippen molar-refractivity contribution in [3.05, 3.63) is 58.9 Å². The summed E-state index contributed by atoms with van der Waals surface area (Å²) in [5.74, 6) is 0.347. The molecule has 3 rings (SSSR count). The second kappa shape index (κ2) is 7.34. The van der Waals surface area contributed by atoms with Crippen LogP contribution in [0.5, 0.6) is 5.75 Å². The van der Waals surface area contributed by atoms with Gasteiger partial charge in [0, 0.05) is 31.0 Å². The lowest BCUT2D eigenvalue weighted by molar-refractivity contribution is -0.131. The lowest BCUT2D eigenvalue weighted by Gasteiger charge is -2.29. The van der Waals surface area contributed by atoms with E-state index in [4.69, 9.17) is 9.47 Å². The lowest BCUT2D eigenvalue weighted by atomic mass is 9.96. The van der Waals surface area contributed by atoms with Crippen molar-refractivity contribution in [1.82, 2.24) is 9.88 Å². The molecule has 6 nitrogen and oxygen atoms in total. The van der Waals surface area contributed by atoms with Crippen LogP contribution in [-0.4, -0.2) is 42.5 Å². The van der Waals surface area contributed by atoms with Gasteiger partial charge >= 0.3 is 5.97 Å². The van der Waals surface area contributed by atoms with Gasteiger partial charge in [-0.05, 0) is 23.6 Å². The molecule has 130 valence electrons. The Balaban J connectivity index is 1.77. The Labute approximate surface area is 146 Å². The van der Waals surface area contributed by atoms with Gasteiger partial charge in [0.05, 0.1) is 26.2 Å². The van der Waals surface area contributed by atoms with E-state index in [9.17, 15) is 9.59 Å². The Morgan fingerprint density at radius 1 is 1.20 bits per heavy atom. The number of ether oxygens (including phenoxy) is 2. The minimum atomic E-state index is -0.391. The molecule has 1 amide bonds. The van der Waals surface area contributed by atoms with Crippen LogP contribution in [0, 0.1) is 0 Å². The molecule has 0 atom stereocenters. The molecule has 1 aliphatic rings. The predicted octanol–water partition coefficient (Wildman–Crippen LogP) is 2.00. The van der Waals surface area contributed by atoms with E-state index >= 15 is 0 Å². The molecule has 0 saturated carbocycles. The first-order valence-electron chi connectivity index (χ1n) is 8.07. The summed E-state index contributed by atoms with van der Waals surface area (Å²) in [6.07, 6.45) is 4.13. The normalized spacial score (nSPS) is 13.1. The Morgan fingerprint density at radius 3 is 2.76 bits per heavy atom. The molecule has 0 radical (unpaired) electrons. The van der Waals surface area contributed by atoms with Crippen molar-refractivity contribution >= 4 is 11.9 Å². The highest BCUT2D eigenvalue weighted by Gasteiger charge is 2.25. The molecule has 2 aromatic rings. The maximum absolute atomic E-state index is 12.7. The molecule has 1 aromatic heterocycles. The minimum Gasteiger partial charge on any atom is -0.496 e. The highest BCUT2D eigenvalue weighted by Crippen LogP contribution is 2.24. The van der Waals surface area contributed by atoms with Gasteiger partial charge in [0.1, 0.15) is 5.75 Å². The number of rotatable bonds is 4. The summed E-state index contributed by atoms with van der Waals surface area (Å²) in [6, 6.07) is 7.51. The van der Waals surface area contributed by atoms with Crippen LogP contribution in [-0.2, 0) is 28.9 Å². The number of nitrogens with zero attached hydrogens (tertiary/aromatic N) is 2. The molecule has 1 aromatic carbocycles.